The summed E-state index contributed by atoms with van der Waals surface area (Å²) in [5.74, 6) is 5.50. The van der Waals surface area contributed by atoms with Gasteiger partial charge < -0.3 is 29.2 Å². The largest absolute Gasteiger partial charge is 0.495 e. The first-order chi connectivity index (χ1) is 21.7. The van der Waals surface area contributed by atoms with Gasteiger partial charge in [0, 0.05) is 36.6 Å². The maximum atomic E-state index is 15.4. The Bertz CT molecular complexity index is 1680. The van der Waals surface area contributed by atoms with E-state index in [1.807, 2.05) is 6.92 Å². The van der Waals surface area contributed by atoms with Crippen LogP contribution in [0.15, 0.2) is 36.7 Å². The van der Waals surface area contributed by atoms with Crippen molar-refractivity contribution in [3.63, 3.8) is 0 Å². The molecular formula is C32H38F4N5O4P. The van der Waals surface area contributed by atoms with Crippen LogP contribution in [0.3, 0.4) is 0 Å². The zero-order chi connectivity index (χ0) is 33.2. The Kier molecular flexibility index (Phi) is 10.0. The highest BCUT2D eigenvalue weighted by atomic mass is 31.2. The average Bonchev–Trinajstić information content (AvgIpc) is 3.66. The summed E-state index contributed by atoms with van der Waals surface area (Å²) >= 11 is 0. The predicted molar refractivity (Wildman–Crippen MR) is 169 cm³/mol. The molecule has 2 aliphatic heterocycles. The van der Waals surface area contributed by atoms with Crippen LogP contribution in [0.2, 0.25) is 0 Å². The van der Waals surface area contributed by atoms with Crippen LogP contribution < -0.4 is 20.7 Å². The van der Waals surface area contributed by atoms with Gasteiger partial charge in [0.25, 0.3) is 5.91 Å². The van der Waals surface area contributed by atoms with Gasteiger partial charge in [-0.3, -0.25) is 9.69 Å². The summed E-state index contributed by atoms with van der Waals surface area (Å²) in [4.78, 5) is 19.8. The minimum atomic E-state index is -4.52. The molecule has 3 heterocycles. The standard InChI is InChI=1S/C32H38F4N5O4P/c1-20-15-40(22-9-11-45-17-22)16-25(33)29(20)39-31(42)24-12-21(13-27-30(24)38-19-41(27)18-32(34,35)36)6-5-10-37-26-8-7-23(46(3,4)43)14-28(26)44-2/h7-8,12-14,19-20,22,25,29,37H,9-11,15-18H2,1-4H3,(H,39,42)/t20-,22?,25-,29+/m0/s1. The fourth-order valence-electron chi connectivity index (χ4n) is 6.00. The van der Waals surface area contributed by atoms with Crippen molar-refractivity contribution in [3.8, 4) is 17.6 Å². The molecule has 46 heavy (non-hydrogen) atoms. The van der Waals surface area contributed by atoms with Crippen molar-refractivity contribution in [3.05, 3.63) is 47.8 Å². The first kappa shape index (κ1) is 33.8. The van der Waals surface area contributed by atoms with E-state index in [9.17, 15) is 22.5 Å². The van der Waals surface area contributed by atoms with Crippen molar-refractivity contribution in [2.45, 2.75) is 44.3 Å². The number of nitrogens with one attached hydrogen (secondary N) is 2. The molecule has 4 atom stereocenters. The second-order valence-electron chi connectivity index (χ2n) is 12.2. The number of carbonyl (C=O) groups is 1. The summed E-state index contributed by atoms with van der Waals surface area (Å²) < 4.78 is 79.8. The lowest BCUT2D eigenvalue weighted by molar-refractivity contribution is -0.139. The fourth-order valence-corrected chi connectivity index (χ4v) is 6.86. The van der Waals surface area contributed by atoms with Crippen LogP contribution in [-0.2, 0) is 15.8 Å². The highest BCUT2D eigenvalue weighted by Gasteiger charge is 2.39. The SMILES string of the molecule is COc1cc(P(C)(C)=O)ccc1NCC#Cc1cc(C(=O)N[C@@H]2[C@@H](C)CN(C3CCOC3)C[C@@H]2F)c2ncn(CC(F)(F)F)c2c1. The summed E-state index contributed by atoms with van der Waals surface area (Å²) in [7, 11) is -0.997. The summed E-state index contributed by atoms with van der Waals surface area (Å²) in [6.07, 6.45) is -3.99. The third-order valence-corrected chi connectivity index (χ3v) is 9.90. The maximum absolute atomic E-state index is 15.4. The minimum Gasteiger partial charge on any atom is -0.495 e. The van der Waals surface area contributed by atoms with Crippen molar-refractivity contribution >= 4 is 35.1 Å². The molecule has 0 radical (unpaired) electrons. The molecule has 0 bridgehead atoms. The number of piperidine rings is 1. The third kappa shape index (κ3) is 7.85. The van der Waals surface area contributed by atoms with E-state index in [2.05, 4.69) is 32.4 Å². The Labute approximate surface area is 265 Å². The molecular weight excluding hydrogens is 625 g/mol. The second kappa shape index (κ2) is 13.6. The number of benzene rings is 2. The number of alkyl halides is 4. The van der Waals surface area contributed by atoms with E-state index in [4.69, 9.17) is 9.47 Å². The lowest BCUT2D eigenvalue weighted by atomic mass is 9.90. The highest BCUT2D eigenvalue weighted by molar-refractivity contribution is 7.70. The number of hydrogen-bond acceptors (Lipinski definition) is 7. The molecule has 2 fully saturated rings. The number of amides is 1. The molecule has 0 spiro atoms. The third-order valence-electron chi connectivity index (χ3n) is 8.38. The van der Waals surface area contributed by atoms with E-state index in [-0.39, 0.29) is 41.6 Å². The average molecular weight is 664 g/mol. The maximum Gasteiger partial charge on any atom is 0.406 e. The van der Waals surface area contributed by atoms with Crippen LogP contribution in [-0.4, -0.2) is 98.1 Å². The number of halogens is 4. The first-order valence-electron chi connectivity index (χ1n) is 15.0. The number of likely N-dealkylation sites (tertiary alicyclic amines) is 1. The van der Waals surface area contributed by atoms with E-state index >= 15 is 4.39 Å². The summed E-state index contributed by atoms with van der Waals surface area (Å²) in [6.45, 7) is 5.97. The number of methoxy groups -OCH3 is 1. The molecule has 5 rings (SSSR count). The van der Waals surface area contributed by atoms with Crippen LogP contribution in [0, 0.1) is 17.8 Å². The van der Waals surface area contributed by atoms with Gasteiger partial charge in [-0.1, -0.05) is 18.8 Å². The van der Waals surface area contributed by atoms with Gasteiger partial charge in [0.15, 0.2) is 0 Å². The van der Waals surface area contributed by atoms with Crippen molar-refractivity contribution in [2.24, 2.45) is 5.92 Å². The van der Waals surface area contributed by atoms with Gasteiger partial charge in [0.2, 0.25) is 0 Å². The Morgan fingerprint density at radius 1 is 1.22 bits per heavy atom. The molecule has 1 amide bonds. The van der Waals surface area contributed by atoms with Crippen molar-refractivity contribution in [1.29, 1.82) is 0 Å². The topological polar surface area (TPSA) is 97.7 Å². The number of hydrogen-bond donors (Lipinski definition) is 2. The number of imidazole rings is 1. The van der Waals surface area contributed by atoms with Gasteiger partial charge >= 0.3 is 6.18 Å². The van der Waals surface area contributed by atoms with Gasteiger partial charge in [-0.15, -0.1) is 0 Å². The Morgan fingerprint density at radius 3 is 2.65 bits per heavy atom. The van der Waals surface area contributed by atoms with Gasteiger partial charge in [-0.25, -0.2) is 9.37 Å². The van der Waals surface area contributed by atoms with Crippen LogP contribution in [0.25, 0.3) is 11.0 Å². The Balaban J connectivity index is 1.38. The molecule has 1 unspecified atom stereocenters. The smallest absolute Gasteiger partial charge is 0.406 e. The molecule has 248 valence electrons. The number of anilines is 1. The molecule has 2 saturated heterocycles. The first-order valence-corrected chi connectivity index (χ1v) is 17.6. The van der Waals surface area contributed by atoms with Gasteiger partial charge in [0.05, 0.1) is 49.4 Å². The van der Waals surface area contributed by atoms with E-state index in [1.165, 1.54) is 19.2 Å². The molecule has 1 aromatic heterocycles. The second-order valence-corrected chi connectivity index (χ2v) is 15.5. The monoisotopic (exact) mass is 663 g/mol. The van der Waals surface area contributed by atoms with Gasteiger partial charge in [0.1, 0.15) is 31.1 Å². The van der Waals surface area contributed by atoms with Crippen LogP contribution >= 0.6 is 7.14 Å². The van der Waals surface area contributed by atoms with Crippen LogP contribution in [0.5, 0.6) is 5.75 Å². The van der Waals surface area contributed by atoms with E-state index in [0.29, 0.717) is 42.1 Å². The van der Waals surface area contributed by atoms with Gasteiger partial charge in [-0.05, 0) is 56.0 Å². The lowest BCUT2D eigenvalue weighted by Crippen LogP contribution is -2.59. The summed E-state index contributed by atoms with van der Waals surface area (Å²) in [5, 5.41) is 6.59. The normalized spacial score (nSPS) is 22.3. The van der Waals surface area contributed by atoms with Crippen LogP contribution in [0.4, 0.5) is 23.2 Å². The molecule has 0 saturated carbocycles. The number of fused-ring (bicyclic) bond motifs is 1. The summed E-state index contributed by atoms with van der Waals surface area (Å²) in [6, 6.07) is 7.47. The van der Waals surface area contributed by atoms with E-state index in [1.54, 1.807) is 31.5 Å². The molecule has 0 aliphatic carbocycles. The van der Waals surface area contributed by atoms with E-state index < -0.39 is 38.0 Å². The quantitative estimate of drug-likeness (QED) is 0.208. The van der Waals surface area contributed by atoms with Crippen molar-refractivity contribution in [1.82, 2.24) is 19.8 Å². The molecule has 9 nitrogen and oxygen atoms in total. The minimum absolute atomic E-state index is 0.0162. The predicted octanol–water partition coefficient (Wildman–Crippen LogP) is 4.50. The molecule has 2 aromatic carbocycles. The lowest BCUT2D eigenvalue weighted by Gasteiger charge is -2.41. The van der Waals surface area contributed by atoms with Gasteiger partial charge in [-0.2, -0.15) is 13.2 Å². The Hall–Kier alpha value is -3.59. The van der Waals surface area contributed by atoms with Crippen LogP contribution in [0.1, 0.15) is 29.3 Å². The Morgan fingerprint density at radius 2 is 2.00 bits per heavy atom. The highest BCUT2D eigenvalue weighted by Crippen LogP contribution is 2.37. The van der Waals surface area contributed by atoms with E-state index in [0.717, 1.165) is 17.3 Å². The number of carbonyl (C=O) groups excluding carboxylic acids is 1. The zero-order valence-corrected chi connectivity index (χ0v) is 27.1. The number of rotatable bonds is 8. The molecule has 3 aromatic rings. The number of aromatic nitrogens is 2. The summed E-state index contributed by atoms with van der Waals surface area (Å²) in [5.41, 5.74) is 1.09. The zero-order valence-electron chi connectivity index (χ0n) is 26.2. The number of nitrogens with zero attached hydrogens (tertiary/aromatic N) is 3. The molecule has 2 aliphatic rings. The molecule has 2 N–H and O–H groups in total. The van der Waals surface area contributed by atoms with Crippen molar-refractivity contribution in [2.75, 3.05) is 58.6 Å². The number of ether oxygens (including phenoxy) is 2. The fraction of sp³-hybridized carbons (Fsp3) is 0.500. The molecule has 14 heteroatoms. The van der Waals surface area contributed by atoms with Crippen molar-refractivity contribution < 1.29 is 36.4 Å².